The molecule has 4 rings (SSSR count). The molecule has 1 aromatic heterocycles. The first-order valence-corrected chi connectivity index (χ1v) is 12.5. The summed E-state index contributed by atoms with van der Waals surface area (Å²) in [6, 6.07) is 3.22. The number of alkyl halides is 2. The van der Waals surface area contributed by atoms with Crippen LogP contribution in [0, 0.1) is 5.82 Å². The molecule has 2 aromatic rings. The summed E-state index contributed by atoms with van der Waals surface area (Å²) in [5.41, 5.74) is -0.853. The number of likely N-dealkylation sites (N-methyl/N-ethyl adjacent to an activating group) is 1. The molecule has 11 heteroatoms. The molecule has 1 unspecified atom stereocenters. The monoisotopic (exact) mass is 533 g/mol. The average molecular weight is 534 g/mol. The van der Waals surface area contributed by atoms with Crippen molar-refractivity contribution in [2.75, 3.05) is 30.9 Å². The number of aliphatic hydroxyl groups is 1. The van der Waals surface area contributed by atoms with E-state index in [2.05, 4.69) is 15.3 Å². The number of nitrogens with zero attached hydrogens (tertiary/aromatic N) is 4. The van der Waals surface area contributed by atoms with Gasteiger partial charge in [-0.1, -0.05) is 18.2 Å². The number of nitrogens with one attached hydrogen (secondary N) is 1. The number of hydrogen-bond acceptors (Lipinski definition) is 7. The fourth-order valence-electron chi connectivity index (χ4n) is 5.79. The van der Waals surface area contributed by atoms with Gasteiger partial charge in [-0.25, -0.2) is 23.1 Å². The van der Waals surface area contributed by atoms with Crippen molar-refractivity contribution < 1.29 is 27.8 Å². The number of rotatable bonds is 6. The van der Waals surface area contributed by atoms with Crippen LogP contribution in [-0.4, -0.2) is 64.0 Å². The van der Waals surface area contributed by atoms with Crippen molar-refractivity contribution in [3.63, 3.8) is 0 Å². The third-order valence-electron chi connectivity index (χ3n) is 7.74. The van der Waals surface area contributed by atoms with E-state index in [1.54, 1.807) is 37.0 Å². The van der Waals surface area contributed by atoms with Crippen molar-refractivity contribution in [3.05, 3.63) is 52.6 Å². The highest BCUT2D eigenvalue weighted by atomic mass is 19.3. The lowest BCUT2D eigenvalue weighted by Crippen LogP contribution is -2.61. The highest BCUT2D eigenvalue weighted by molar-refractivity contribution is 5.80. The fourth-order valence-corrected chi connectivity index (χ4v) is 5.79. The highest BCUT2D eigenvalue weighted by Gasteiger charge is 2.50. The van der Waals surface area contributed by atoms with Gasteiger partial charge in [0.25, 0.3) is 6.43 Å². The molecule has 206 valence electrons. The zero-order valence-corrected chi connectivity index (χ0v) is 22.4. The molecule has 1 amide bonds. The molecule has 3 heterocycles. The van der Waals surface area contributed by atoms with Gasteiger partial charge >= 0.3 is 0 Å². The normalized spacial score (nSPS) is 23.7. The summed E-state index contributed by atoms with van der Waals surface area (Å²) < 4.78 is 47.5. The summed E-state index contributed by atoms with van der Waals surface area (Å²) in [5.74, 6) is -0.198. The predicted octanol–water partition coefficient (Wildman–Crippen LogP) is 4.68. The number of carbonyl (C=O) groups excluding carboxylic acids is 1. The van der Waals surface area contributed by atoms with Gasteiger partial charge in [0.15, 0.2) is 6.23 Å². The maximum absolute atomic E-state index is 14.8. The summed E-state index contributed by atoms with van der Waals surface area (Å²) in [4.78, 5) is 24.3. The summed E-state index contributed by atoms with van der Waals surface area (Å²) in [6.07, 6.45) is 0.0328. The molecule has 3 atom stereocenters. The van der Waals surface area contributed by atoms with E-state index < -0.39 is 41.2 Å². The molecular formula is C27H34F3N5O3. The van der Waals surface area contributed by atoms with Gasteiger partial charge in [-0.15, -0.1) is 0 Å². The van der Waals surface area contributed by atoms with Gasteiger partial charge < -0.3 is 25.0 Å². The van der Waals surface area contributed by atoms with Gasteiger partial charge in [0.05, 0.1) is 22.8 Å². The lowest BCUT2D eigenvalue weighted by atomic mass is 9.73. The Morgan fingerprint density at radius 2 is 1.95 bits per heavy atom. The van der Waals surface area contributed by atoms with Crippen LogP contribution in [0.15, 0.2) is 30.1 Å². The Bertz CT molecular complexity index is 1250. The van der Waals surface area contributed by atoms with Crippen molar-refractivity contribution in [2.24, 2.45) is 0 Å². The van der Waals surface area contributed by atoms with Crippen LogP contribution < -0.4 is 10.2 Å². The molecule has 8 nitrogen and oxygen atoms in total. The molecule has 2 aliphatic rings. The Balaban J connectivity index is 1.75. The fraction of sp³-hybridized carbons (Fsp3) is 0.519. The third-order valence-corrected chi connectivity index (χ3v) is 7.74. The number of piperidine rings is 1. The minimum Gasteiger partial charge on any atom is -0.374 e. The van der Waals surface area contributed by atoms with Gasteiger partial charge in [0, 0.05) is 50.7 Å². The van der Waals surface area contributed by atoms with Gasteiger partial charge in [0.1, 0.15) is 23.8 Å². The standard InChI is InChI=1S/C27H34F3N5O3/c1-15(17-8-7-9-18(21(17)28)22(29)30)33-23-19-12-20(25(37)34(5)24(19)32-14-31-23)27(38-6)10-11-35(16(2)36)26(3,4)13-27/h7-9,12,14-15,22,25,37H,10-11,13H2,1-6H3,(H,31,32,33)/t15-,25?,27-/m1/s1. The van der Waals surface area contributed by atoms with Crippen LogP contribution in [0.4, 0.5) is 24.8 Å². The Kier molecular flexibility index (Phi) is 7.46. The van der Waals surface area contributed by atoms with Crippen LogP contribution in [0.2, 0.25) is 0 Å². The van der Waals surface area contributed by atoms with Gasteiger partial charge in [-0.2, -0.15) is 0 Å². The zero-order valence-electron chi connectivity index (χ0n) is 22.4. The molecule has 0 aliphatic carbocycles. The third kappa shape index (κ3) is 4.73. The molecule has 0 saturated carbocycles. The summed E-state index contributed by atoms with van der Waals surface area (Å²) in [6.45, 7) is 7.58. The number of aliphatic hydroxyl groups excluding tert-OH is 1. The topological polar surface area (TPSA) is 90.8 Å². The number of amides is 1. The maximum Gasteiger partial charge on any atom is 0.266 e. The summed E-state index contributed by atoms with van der Waals surface area (Å²) in [7, 11) is 3.28. The predicted molar refractivity (Wildman–Crippen MR) is 138 cm³/mol. The molecule has 0 radical (unpaired) electrons. The Hall–Kier alpha value is -3.18. The van der Waals surface area contributed by atoms with Crippen LogP contribution in [0.1, 0.15) is 69.7 Å². The van der Waals surface area contributed by atoms with Crippen LogP contribution in [0.5, 0.6) is 0 Å². The number of ether oxygens (including phenoxy) is 1. The first-order valence-electron chi connectivity index (χ1n) is 12.5. The largest absolute Gasteiger partial charge is 0.374 e. The Morgan fingerprint density at radius 3 is 2.55 bits per heavy atom. The van der Waals surface area contributed by atoms with E-state index in [4.69, 9.17) is 4.74 Å². The number of likely N-dealkylation sites (tertiary alicyclic amines) is 1. The molecule has 1 fully saturated rings. The molecule has 1 saturated heterocycles. The number of aromatic nitrogens is 2. The number of hydrogen-bond donors (Lipinski definition) is 2. The van der Waals surface area contributed by atoms with Crippen molar-refractivity contribution >= 4 is 23.6 Å². The van der Waals surface area contributed by atoms with Crippen LogP contribution in [0.3, 0.4) is 0 Å². The van der Waals surface area contributed by atoms with Crippen LogP contribution in [-0.2, 0) is 9.53 Å². The lowest BCUT2D eigenvalue weighted by molar-refractivity contribution is -0.145. The Labute approximate surface area is 220 Å². The molecule has 0 bridgehead atoms. The minimum atomic E-state index is -2.93. The first-order chi connectivity index (χ1) is 17.8. The van der Waals surface area contributed by atoms with Crippen molar-refractivity contribution in [1.29, 1.82) is 0 Å². The first kappa shape index (κ1) is 27.8. The van der Waals surface area contributed by atoms with E-state index >= 15 is 0 Å². The lowest BCUT2D eigenvalue weighted by Gasteiger charge is -2.53. The van der Waals surface area contributed by atoms with E-state index in [0.29, 0.717) is 42.2 Å². The number of halogens is 3. The minimum absolute atomic E-state index is 0.0302. The summed E-state index contributed by atoms with van der Waals surface area (Å²) in [5, 5.41) is 14.5. The quantitative estimate of drug-likeness (QED) is 0.557. The van der Waals surface area contributed by atoms with Crippen molar-refractivity contribution in [1.82, 2.24) is 14.9 Å². The second kappa shape index (κ2) is 10.2. The van der Waals surface area contributed by atoms with E-state index in [1.165, 1.54) is 25.4 Å². The SMILES string of the molecule is CO[C@]1(C2=Cc3c(N[C@H](C)c4cccc(C(F)F)c4F)ncnc3N(C)C2O)CCN(C(C)=O)C(C)(C)C1. The van der Waals surface area contributed by atoms with Gasteiger partial charge in [0.2, 0.25) is 5.91 Å². The Morgan fingerprint density at radius 1 is 1.26 bits per heavy atom. The number of fused-ring (bicyclic) bond motifs is 1. The van der Waals surface area contributed by atoms with E-state index in [-0.39, 0.29) is 11.5 Å². The van der Waals surface area contributed by atoms with Crippen molar-refractivity contribution in [3.8, 4) is 0 Å². The highest BCUT2D eigenvalue weighted by Crippen LogP contribution is 2.46. The van der Waals surface area contributed by atoms with Crippen LogP contribution in [0.25, 0.3) is 6.08 Å². The second-order valence-corrected chi connectivity index (χ2v) is 10.6. The second-order valence-electron chi connectivity index (χ2n) is 10.6. The number of carbonyl (C=O) groups is 1. The smallest absolute Gasteiger partial charge is 0.266 e. The number of benzene rings is 1. The maximum atomic E-state index is 14.8. The molecule has 2 aliphatic heterocycles. The van der Waals surface area contributed by atoms with Crippen molar-refractivity contribution in [2.45, 2.75) is 70.4 Å². The van der Waals surface area contributed by atoms with E-state index in [9.17, 15) is 23.1 Å². The molecule has 2 N–H and O–H groups in total. The van der Waals surface area contributed by atoms with Gasteiger partial charge in [-0.05, 0) is 33.3 Å². The van der Waals surface area contributed by atoms with E-state index in [0.717, 1.165) is 6.07 Å². The number of methoxy groups -OCH3 is 1. The summed E-state index contributed by atoms with van der Waals surface area (Å²) >= 11 is 0. The van der Waals surface area contributed by atoms with E-state index in [1.807, 2.05) is 13.8 Å². The van der Waals surface area contributed by atoms with Crippen LogP contribution >= 0.6 is 0 Å². The average Bonchev–Trinajstić information content (AvgIpc) is 2.85. The zero-order chi connectivity index (χ0) is 28.0. The van der Waals surface area contributed by atoms with Gasteiger partial charge in [-0.3, -0.25) is 4.79 Å². The molecule has 0 spiro atoms. The molecular weight excluding hydrogens is 499 g/mol. The molecule has 1 aromatic carbocycles. The number of anilines is 2. The molecule has 38 heavy (non-hydrogen) atoms.